The summed E-state index contributed by atoms with van der Waals surface area (Å²) in [7, 11) is 0. The summed E-state index contributed by atoms with van der Waals surface area (Å²) < 4.78 is 5.85. The lowest BCUT2D eigenvalue weighted by Crippen LogP contribution is -2.34. The van der Waals surface area contributed by atoms with E-state index in [0.717, 1.165) is 11.4 Å². The van der Waals surface area contributed by atoms with Crippen molar-refractivity contribution in [1.29, 1.82) is 0 Å². The summed E-state index contributed by atoms with van der Waals surface area (Å²) in [6, 6.07) is 7.87. The highest BCUT2D eigenvalue weighted by Gasteiger charge is 2.27. The predicted octanol–water partition coefficient (Wildman–Crippen LogP) is 3.20. The highest BCUT2D eigenvalue weighted by molar-refractivity contribution is 5.74. The van der Waals surface area contributed by atoms with Gasteiger partial charge in [-0.25, -0.2) is 0 Å². The van der Waals surface area contributed by atoms with Gasteiger partial charge in [0.15, 0.2) is 0 Å². The van der Waals surface area contributed by atoms with E-state index in [1.165, 1.54) is 0 Å². The van der Waals surface area contributed by atoms with E-state index in [9.17, 15) is 0 Å². The Balaban J connectivity index is 2.30. The number of ether oxygens (including phenoxy) is 1. The summed E-state index contributed by atoms with van der Waals surface area (Å²) >= 11 is 0. The standard InChI is InChI=1S/C12H15NO/c1-12(2,3)11-8-13-9-6-4-5-7-10(9)14-11/h4-8,11H,1-3H3. The lowest BCUT2D eigenvalue weighted by Gasteiger charge is -2.30. The molecule has 0 radical (unpaired) electrons. The summed E-state index contributed by atoms with van der Waals surface area (Å²) in [5.41, 5.74) is 1.02. The molecular weight excluding hydrogens is 174 g/mol. The number of hydrogen-bond acceptors (Lipinski definition) is 2. The molecule has 74 valence electrons. The van der Waals surface area contributed by atoms with Gasteiger partial charge in [-0.1, -0.05) is 32.9 Å². The monoisotopic (exact) mass is 189 g/mol. The van der Waals surface area contributed by atoms with Crippen LogP contribution in [0.15, 0.2) is 29.3 Å². The van der Waals surface area contributed by atoms with Crippen molar-refractivity contribution in [2.45, 2.75) is 26.9 Å². The third-order valence-electron chi connectivity index (χ3n) is 2.32. The van der Waals surface area contributed by atoms with Gasteiger partial charge in [-0.3, -0.25) is 4.99 Å². The lowest BCUT2D eigenvalue weighted by molar-refractivity contribution is 0.147. The molecule has 14 heavy (non-hydrogen) atoms. The quantitative estimate of drug-likeness (QED) is 0.614. The molecule has 0 spiro atoms. The largest absolute Gasteiger partial charge is 0.482 e. The zero-order valence-electron chi connectivity index (χ0n) is 8.82. The molecule has 2 nitrogen and oxygen atoms in total. The Morgan fingerprint density at radius 2 is 1.93 bits per heavy atom. The smallest absolute Gasteiger partial charge is 0.145 e. The molecule has 1 aromatic rings. The van der Waals surface area contributed by atoms with Crippen molar-refractivity contribution >= 4 is 11.9 Å². The van der Waals surface area contributed by atoms with Crippen LogP contribution in [0.4, 0.5) is 5.69 Å². The van der Waals surface area contributed by atoms with Crippen molar-refractivity contribution in [2.75, 3.05) is 0 Å². The van der Waals surface area contributed by atoms with E-state index in [-0.39, 0.29) is 11.5 Å². The van der Waals surface area contributed by atoms with Crippen LogP contribution in [0.3, 0.4) is 0 Å². The molecule has 0 fully saturated rings. The molecule has 1 aromatic carbocycles. The van der Waals surface area contributed by atoms with Crippen LogP contribution >= 0.6 is 0 Å². The topological polar surface area (TPSA) is 21.6 Å². The predicted molar refractivity (Wildman–Crippen MR) is 58.5 cm³/mol. The average Bonchev–Trinajstić information content (AvgIpc) is 2.16. The fourth-order valence-corrected chi connectivity index (χ4v) is 1.38. The SMILES string of the molecule is CC(C)(C)C1C=Nc2ccccc2O1. The maximum atomic E-state index is 5.85. The van der Waals surface area contributed by atoms with Crippen LogP contribution in [0, 0.1) is 5.41 Å². The number of rotatable bonds is 0. The van der Waals surface area contributed by atoms with Gasteiger partial charge in [-0.2, -0.15) is 0 Å². The van der Waals surface area contributed by atoms with Gasteiger partial charge in [0.2, 0.25) is 0 Å². The Morgan fingerprint density at radius 1 is 1.21 bits per heavy atom. The molecule has 0 bridgehead atoms. The zero-order valence-corrected chi connectivity index (χ0v) is 8.82. The van der Waals surface area contributed by atoms with Crippen LogP contribution in [0.5, 0.6) is 5.75 Å². The Bertz CT molecular complexity index is 363. The average molecular weight is 189 g/mol. The van der Waals surface area contributed by atoms with Gasteiger partial charge in [-0.15, -0.1) is 0 Å². The van der Waals surface area contributed by atoms with Crippen LogP contribution < -0.4 is 4.74 Å². The fraction of sp³-hybridized carbons (Fsp3) is 0.417. The van der Waals surface area contributed by atoms with Gasteiger partial charge in [0.05, 0.1) is 0 Å². The van der Waals surface area contributed by atoms with E-state index in [0.29, 0.717) is 0 Å². The minimum absolute atomic E-state index is 0.0670. The van der Waals surface area contributed by atoms with Gasteiger partial charge in [0.1, 0.15) is 17.5 Å². The molecule has 0 aromatic heterocycles. The number of benzene rings is 1. The van der Waals surface area contributed by atoms with E-state index in [2.05, 4.69) is 25.8 Å². The summed E-state index contributed by atoms with van der Waals surface area (Å²) in [5, 5.41) is 0. The Labute approximate surface area is 84.6 Å². The van der Waals surface area contributed by atoms with Gasteiger partial charge >= 0.3 is 0 Å². The molecule has 2 rings (SSSR count). The first-order chi connectivity index (χ1) is 6.57. The van der Waals surface area contributed by atoms with Crippen molar-refractivity contribution in [2.24, 2.45) is 10.4 Å². The first kappa shape index (κ1) is 9.25. The maximum absolute atomic E-state index is 5.85. The first-order valence-corrected chi connectivity index (χ1v) is 4.87. The van der Waals surface area contributed by atoms with Gasteiger partial charge in [0.25, 0.3) is 0 Å². The normalized spacial score (nSPS) is 20.1. The molecule has 1 aliphatic heterocycles. The van der Waals surface area contributed by atoms with Gasteiger partial charge in [0, 0.05) is 11.6 Å². The van der Waals surface area contributed by atoms with Crippen LogP contribution in [-0.4, -0.2) is 12.3 Å². The minimum Gasteiger partial charge on any atom is -0.482 e. The summed E-state index contributed by atoms with van der Waals surface area (Å²) in [6.07, 6.45) is 1.96. The van der Waals surface area contributed by atoms with Crippen LogP contribution in [0.2, 0.25) is 0 Å². The van der Waals surface area contributed by atoms with E-state index in [1.807, 2.05) is 30.5 Å². The highest BCUT2D eigenvalue weighted by atomic mass is 16.5. The molecule has 1 unspecified atom stereocenters. The number of hydrogen-bond donors (Lipinski definition) is 0. The molecular formula is C12H15NO. The fourth-order valence-electron chi connectivity index (χ4n) is 1.38. The van der Waals surface area contributed by atoms with Gasteiger partial charge in [-0.05, 0) is 12.1 Å². The molecule has 0 aliphatic carbocycles. The van der Waals surface area contributed by atoms with E-state index in [4.69, 9.17) is 4.74 Å². The van der Waals surface area contributed by atoms with Crippen molar-refractivity contribution in [3.8, 4) is 5.75 Å². The molecule has 1 aliphatic rings. The molecule has 0 saturated heterocycles. The van der Waals surface area contributed by atoms with Crippen molar-refractivity contribution in [3.63, 3.8) is 0 Å². The lowest BCUT2D eigenvalue weighted by atomic mass is 9.89. The first-order valence-electron chi connectivity index (χ1n) is 4.87. The van der Waals surface area contributed by atoms with E-state index < -0.39 is 0 Å². The highest BCUT2D eigenvalue weighted by Crippen LogP contribution is 2.34. The molecule has 0 saturated carbocycles. The summed E-state index contributed by atoms with van der Waals surface area (Å²) in [6.45, 7) is 6.45. The number of nitrogens with zero attached hydrogens (tertiary/aromatic N) is 1. The number of aliphatic imine (C=N–C) groups is 1. The third-order valence-corrected chi connectivity index (χ3v) is 2.32. The van der Waals surface area contributed by atoms with Gasteiger partial charge < -0.3 is 4.74 Å². The molecule has 2 heteroatoms. The van der Waals surface area contributed by atoms with Crippen LogP contribution in [0.25, 0.3) is 0 Å². The summed E-state index contributed by atoms with van der Waals surface area (Å²) in [5.74, 6) is 0.884. The zero-order chi connectivity index (χ0) is 10.2. The third kappa shape index (κ3) is 1.65. The molecule has 1 heterocycles. The van der Waals surface area contributed by atoms with E-state index in [1.54, 1.807) is 0 Å². The van der Waals surface area contributed by atoms with Crippen molar-refractivity contribution in [3.05, 3.63) is 24.3 Å². The van der Waals surface area contributed by atoms with E-state index >= 15 is 0 Å². The Morgan fingerprint density at radius 3 is 2.64 bits per heavy atom. The minimum atomic E-state index is 0.0670. The molecule has 1 atom stereocenters. The summed E-state index contributed by atoms with van der Waals surface area (Å²) in [4.78, 5) is 4.39. The Kier molecular flexibility index (Phi) is 2.06. The maximum Gasteiger partial charge on any atom is 0.145 e. The number of para-hydroxylation sites is 2. The molecule has 0 N–H and O–H groups in total. The second kappa shape index (κ2) is 3.12. The van der Waals surface area contributed by atoms with Crippen molar-refractivity contribution in [1.82, 2.24) is 0 Å². The van der Waals surface area contributed by atoms with Crippen LogP contribution in [0.1, 0.15) is 20.8 Å². The number of fused-ring (bicyclic) bond motifs is 1. The second-order valence-electron chi connectivity index (χ2n) is 4.65. The second-order valence-corrected chi connectivity index (χ2v) is 4.65. The molecule has 0 amide bonds. The van der Waals surface area contributed by atoms with Crippen LogP contribution in [-0.2, 0) is 0 Å². The Hall–Kier alpha value is -1.31. The van der Waals surface area contributed by atoms with Crippen molar-refractivity contribution < 1.29 is 4.74 Å².